The molecule has 0 aliphatic rings. The number of aryl methyl sites for hydroxylation is 1. The minimum atomic E-state index is -3.53. The molecule has 1 aromatic carbocycles. The van der Waals surface area contributed by atoms with Gasteiger partial charge in [0.15, 0.2) is 0 Å². The molecule has 0 aliphatic carbocycles. The molecule has 0 aliphatic heterocycles. The highest BCUT2D eigenvalue weighted by Crippen LogP contribution is 2.15. The number of sulfonamides is 1. The van der Waals surface area contributed by atoms with E-state index in [0.717, 1.165) is 12.0 Å². The zero-order valence-electron chi connectivity index (χ0n) is 9.34. The lowest BCUT2D eigenvalue weighted by atomic mass is 10.2. The van der Waals surface area contributed by atoms with Crippen LogP contribution in [0.5, 0.6) is 0 Å². The summed E-state index contributed by atoms with van der Waals surface area (Å²) in [5.74, 6) is 0. The second-order valence-corrected chi connectivity index (χ2v) is 5.27. The van der Waals surface area contributed by atoms with Gasteiger partial charge in [0, 0.05) is 11.9 Å². The number of rotatable bonds is 4. The van der Waals surface area contributed by atoms with Crippen molar-refractivity contribution in [2.45, 2.75) is 18.2 Å². The number of aromatic nitrogens is 2. The quantitative estimate of drug-likeness (QED) is 0.869. The summed E-state index contributed by atoms with van der Waals surface area (Å²) in [6.45, 7) is 2.05. The van der Waals surface area contributed by atoms with E-state index in [9.17, 15) is 8.42 Å². The average Bonchev–Trinajstić information content (AvgIpc) is 2.84. The largest absolute Gasteiger partial charge is 0.284 e. The summed E-state index contributed by atoms with van der Waals surface area (Å²) in [6, 6.07) is 7.29. The van der Waals surface area contributed by atoms with Gasteiger partial charge in [-0.15, -0.1) is 0 Å². The molecule has 90 valence electrons. The van der Waals surface area contributed by atoms with Crippen LogP contribution in [0.15, 0.2) is 41.6 Å². The van der Waals surface area contributed by atoms with Crippen LogP contribution in [0.1, 0.15) is 12.5 Å². The molecule has 6 heteroatoms. The van der Waals surface area contributed by atoms with Gasteiger partial charge in [0.1, 0.15) is 4.90 Å². The fourth-order valence-corrected chi connectivity index (χ4v) is 2.37. The van der Waals surface area contributed by atoms with Gasteiger partial charge in [0.25, 0.3) is 10.0 Å². The minimum Gasteiger partial charge on any atom is -0.284 e. The Balaban J connectivity index is 2.21. The predicted octanol–water partition coefficient (Wildman–Crippen LogP) is 1.77. The zero-order chi connectivity index (χ0) is 12.3. The Morgan fingerprint density at radius 1 is 1.29 bits per heavy atom. The standard InChI is InChI=1S/C11H13N3O2S/c1-2-9-3-5-10(6-4-9)14-17(15,16)11-7-12-13-8-11/h3-8,14H,2H2,1H3,(H,12,13). The topological polar surface area (TPSA) is 74.8 Å². The van der Waals surface area contributed by atoms with Gasteiger partial charge in [0.05, 0.1) is 6.20 Å². The van der Waals surface area contributed by atoms with E-state index in [1.165, 1.54) is 12.4 Å². The van der Waals surface area contributed by atoms with Crippen molar-refractivity contribution in [3.05, 3.63) is 42.2 Å². The highest BCUT2D eigenvalue weighted by molar-refractivity contribution is 7.92. The highest BCUT2D eigenvalue weighted by Gasteiger charge is 2.14. The van der Waals surface area contributed by atoms with Crippen LogP contribution in [-0.4, -0.2) is 18.6 Å². The molecule has 1 heterocycles. The monoisotopic (exact) mass is 251 g/mol. The second kappa shape index (κ2) is 4.58. The summed E-state index contributed by atoms with van der Waals surface area (Å²) in [6.07, 6.45) is 3.53. The van der Waals surface area contributed by atoms with Crippen molar-refractivity contribution in [2.24, 2.45) is 0 Å². The first-order valence-electron chi connectivity index (χ1n) is 5.22. The van der Waals surface area contributed by atoms with E-state index in [4.69, 9.17) is 0 Å². The molecule has 0 saturated carbocycles. The van der Waals surface area contributed by atoms with Crippen molar-refractivity contribution in [3.8, 4) is 0 Å². The Bertz CT molecular complexity index is 574. The first-order chi connectivity index (χ1) is 8.12. The molecule has 0 bridgehead atoms. The number of nitrogens with zero attached hydrogens (tertiary/aromatic N) is 1. The van der Waals surface area contributed by atoms with Crippen molar-refractivity contribution in [3.63, 3.8) is 0 Å². The van der Waals surface area contributed by atoms with E-state index < -0.39 is 10.0 Å². The molecule has 0 fully saturated rings. The van der Waals surface area contributed by atoms with Crippen molar-refractivity contribution < 1.29 is 8.42 Å². The molecular formula is C11H13N3O2S. The van der Waals surface area contributed by atoms with Crippen LogP contribution >= 0.6 is 0 Å². The lowest BCUT2D eigenvalue weighted by molar-refractivity contribution is 0.601. The van der Waals surface area contributed by atoms with Crippen LogP contribution in [-0.2, 0) is 16.4 Å². The predicted molar refractivity (Wildman–Crippen MR) is 65.2 cm³/mol. The van der Waals surface area contributed by atoms with Crippen LogP contribution in [0.25, 0.3) is 0 Å². The van der Waals surface area contributed by atoms with Gasteiger partial charge in [-0.25, -0.2) is 8.42 Å². The van der Waals surface area contributed by atoms with Crippen LogP contribution in [0.4, 0.5) is 5.69 Å². The molecule has 17 heavy (non-hydrogen) atoms. The molecule has 5 nitrogen and oxygen atoms in total. The molecular weight excluding hydrogens is 238 g/mol. The van der Waals surface area contributed by atoms with E-state index in [1.54, 1.807) is 12.1 Å². The average molecular weight is 251 g/mol. The van der Waals surface area contributed by atoms with Crippen LogP contribution in [0.2, 0.25) is 0 Å². The fourth-order valence-electron chi connectivity index (χ4n) is 1.41. The van der Waals surface area contributed by atoms with E-state index in [1.807, 2.05) is 19.1 Å². The van der Waals surface area contributed by atoms with E-state index >= 15 is 0 Å². The third kappa shape index (κ3) is 2.65. The van der Waals surface area contributed by atoms with Crippen molar-refractivity contribution >= 4 is 15.7 Å². The smallest absolute Gasteiger partial charge is 0.265 e. The fraction of sp³-hybridized carbons (Fsp3) is 0.182. The van der Waals surface area contributed by atoms with Gasteiger partial charge < -0.3 is 0 Å². The van der Waals surface area contributed by atoms with Gasteiger partial charge in [-0.2, -0.15) is 5.10 Å². The lowest BCUT2D eigenvalue weighted by Gasteiger charge is -2.06. The van der Waals surface area contributed by atoms with Crippen molar-refractivity contribution in [1.82, 2.24) is 10.2 Å². The van der Waals surface area contributed by atoms with Crippen LogP contribution < -0.4 is 4.72 Å². The van der Waals surface area contributed by atoms with Gasteiger partial charge >= 0.3 is 0 Å². The Morgan fingerprint density at radius 2 is 2.00 bits per heavy atom. The zero-order valence-corrected chi connectivity index (χ0v) is 10.2. The Morgan fingerprint density at radius 3 is 2.53 bits per heavy atom. The second-order valence-electron chi connectivity index (χ2n) is 3.59. The lowest BCUT2D eigenvalue weighted by Crippen LogP contribution is -2.12. The van der Waals surface area contributed by atoms with E-state index in [2.05, 4.69) is 14.9 Å². The molecule has 0 spiro atoms. The normalized spacial score (nSPS) is 11.4. The number of H-pyrrole nitrogens is 1. The molecule has 2 aromatic rings. The number of hydrogen-bond donors (Lipinski definition) is 2. The van der Waals surface area contributed by atoms with Crippen LogP contribution in [0, 0.1) is 0 Å². The molecule has 0 atom stereocenters. The summed E-state index contributed by atoms with van der Waals surface area (Å²) in [5, 5.41) is 6.08. The Kier molecular flexibility index (Phi) is 3.14. The van der Waals surface area contributed by atoms with Crippen molar-refractivity contribution in [2.75, 3.05) is 4.72 Å². The summed E-state index contributed by atoms with van der Waals surface area (Å²) in [5.41, 5.74) is 1.71. The Hall–Kier alpha value is -1.82. The molecule has 0 amide bonds. The summed E-state index contributed by atoms with van der Waals surface area (Å²) >= 11 is 0. The van der Waals surface area contributed by atoms with Crippen LogP contribution in [0.3, 0.4) is 0 Å². The van der Waals surface area contributed by atoms with E-state index in [-0.39, 0.29) is 4.90 Å². The molecule has 0 unspecified atom stereocenters. The number of anilines is 1. The minimum absolute atomic E-state index is 0.122. The van der Waals surface area contributed by atoms with Gasteiger partial charge in [-0.3, -0.25) is 9.82 Å². The van der Waals surface area contributed by atoms with E-state index in [0.29, 0.717) is 5.69 Å². The first kappa shape index (κ1) is 11.7. The van der Waals surface area contributed by atoms with Gasteiger partial charge in [-0.1, -0.05) is 19.1 Å². The molecule has 0 saturated heterocycles. The third-order valence-corrected chi connectivity index (χ3v) is 3.75. The summed E-state index contributed by atoms with van der Waals surface area (Å²) in [4.78, 5) is 0.122. The van der Waals surface area contributed by atoms with Crippen molar-refractivity contribution in [1.29, 1.82) is 0 Å². The number of benzene rings is 1. The maximum Gasteiger partial charge on any atom is 0.265 e. The molecule has 0 radical (unpaired) electrons. The molecule has 1 aromatic heterocycles. The maximum absolute atomic E-state index is 11.8. The Labute approximate surface area is 99.9 Å². The first-order valence-corrected chi connectivity index (χ1v) is 6.70. The SMILES string of the molecule is CCc1ccc(NS(=O)(=O)c2cn[nH]c2)cc1. The summed E-state index contributed by atoms with van der Waals surface area (Å²) in [7, 11) is -3.53. The molecule has 2 N–H and O–H groups in total. The number of aromatic amines is 1. The number of nitrogens with one attached hydrogen (secondary N) is 2. The molecule has 2 rings (SSSR count). The third-order valence-electron chi connectivity index (χ3n) is 2.40. The van der Waals surface area contributed by atoms with Gasteiger partial charge in [-0.05, 0) is 24.1 Å². The van der Waals surface area contributed by atoms with Gasteiger partial charge in [0.2, 0.25) is 0 Å². The maximum atomic E-state index is 11.8. The summed E-state index contributed by atoms with van der Waals surface area (Å²) < 4.78 is 26.2. The number of hydrogen-bond acceptors (Lipinski definition) is 3. The highest BCUT2D eigenvalue weighted by atomic mass is 32.2.